The number of hydrogen-bond donors (Lipinski definition) is 3. The van der Waals surface area contributed by atoms with Crippen molar-refractivity contribution in [3.05, 3.63) is 0 Å². The van der Waals surface area contributed by atoms with Crippen molar-refractivity contribution in [2.45, 2.75) is 26.2 Å². The second-order valence-electron chi connectivity index (χ2n) is 4.75. The molecule has 2 amide bonds. The molecular formula is C12H22N2O4. The Labute approximate surface area is 107 Å². The molecule has 1 heterocycles. The van der Waals surface area contributed by atoms with Gasteiger partial charge in [-0.1, -0.05) is 6.92 Å². The van der Waals surface area contributed by atoms with Crippen LogP contribution in [-0.2, 0) is 9.53 Å². The van der Waals surface area contributed by atoms with Gasteiger partial charge in [0.15, 0.2) is 0 Å². The van der Waals surface area contributed by atoms with E-state index in [1.807, 2.05) is 0 Å². The number of carbonyl (C=O) groups is 2. The van der Waals surface area contributed by atoms with Gasteiger partial charge < -0.3 is 20.5 Å². The summed E-state index contributed by atoms with van der Waals surface area (Å²) in [5.74, 6) is -0.728. The van der Waals surface area contributed by atoms with Gasteiger partial charge in [0.05, 0.1) is 12.5 Å². The Hall–Kier alpha value is -1.30. The van der Waals surface area contributed by atoms with Gasteiger partial charge in [-0.15, -0.1) is 0 Å². The van der Waals surface area contributed by atoms with Crippen molar-refractivity contribution in [2.24, 2.45) is 11.8 Å². The lowest BCUT2D eigenvalue weighted by atomic mass is 10.1. The first kappa shape index (κ1) is 14.8. The minimum atomic E-state index is -0.791. The molecule has 1 aliphatic rings. The quantitative estimate of drug-likeness (QED) is 0.590. The van der Waals surface area contributed by atoms with Crippen molar-refractivity contribution in [1.82, 2.24) is 10.6 Å². The Morgan fingerprint density at radius 1 is 1.44 bits per heavy atom. The van der Waals surface area contributed by atoms with Crippen LogP contribution in [0.3, 0.4) is 0 Å². The van der Waals surface area contributed by atoms with Crippen molar-refractivity contribution in [3.8, 4) is 0 Å². The van der Waals surface area contributed by atoms with Gasteiger partial charge in [0.1, 0.15) is 0 Å². The maximum Gasteiger partial charge on any atom is 0.314 e. The number of rotatable bonds is 7. The Morgan fingerprint density at radius 2 is 2.22 bits per heavy atom. The van der Waals surface area contributed by atoms with Crippen LogP contribution in [0.15, 0.2) is 0 Å². The second-order valence-corrected chi connectivity index (χ2v) is 4.75. The van der Waals surface area contributed by atoms with Gasteiger partial charge in [-0.05, 0) is 19.3 Å². The first-order chi connectivity index (χ1) is 8.59. The fourth-order valence-corrected chi connectivity index (χ4v) is 1.78. The van der Waals surface area contributed by atoms with E-state index in [1.54, 1.807) is 6.92 Å². The van der Waals surface area contributed by atoms with Crippen LogP contribution in [0.25, 0.3) is 0 Å². The van der Waals surface area contributed by atoms with E-state index in [0.717, 1.165) is 19.6 Å². The molecule has 0 saturated carbocycles. The van der Waals surface area contributed by atoms with Gasteiger partial charge in [-0.3, -0.25) is 4.79 Å². The van der Waals surface area contributed by atoms with Crippen LogP contribution >= 0.6 is 0 Å². The number of carboxylic acid groups (broad SMARTS) is 1. The Morgan fingerprint density at radius 3 is 2.83 bits per heavy atom. The first-order valence-corrected chi connectivity index (χ1v) is 6.42. The van der Waals surface area contributed by atoms with Crippen molar-refractivity contribution in [3.63, 3.8) is 0 Å². The third-order valence-electron chi connectivity index (χ3n) is 3.10. The van der Waals surface area contributed by atoms with Gasteiger partial charge in [-0.25, -0.2) is 4.79 Å². The molecule has 104 valence electrons. The van der Waals surface area contributed by atoms with Crippen LogP contribution in [0.5, 0.6) is 0 Å². The molecule has 6 nitrogen and oxygen atoms in total. The Balaban J connectivity index is 1.97. The van der Waals surface area contributed by atoms with E-state index >= 15 is 0 Å². The number of aliphatic carboxylic acids is 1. The Kier molecular flexibility index (Phi) is 6.49. The second kappa shape index (κ2) is 7.92. The van der Waals surface area contributed by atoms with E-state index in [9.17, 15) is 9.59 Å². The van der Waals surface area contributed by atoms with Gasteiger partial charge in [0.25, 0.3) is 0 Å². The number of carbonyl (C=O) groups excluding carboxylic acids is 1. The highest BCUT2D eigenvalue weighted by molar-refractivity contribution is 5.73. The third kappa shape index (κ3) is 5.86. The smallest absolute Gasteiger partial charge is 0.314 e. The summed E-state index contributed by atoms with van der Waals surface area (Å²) in [6, 6.07) is -0.190. The van der Waals surface area contributed by atoms with Gasteiger partial charge in [-0.2, -0.15) is 0 Å². The van der Waals surface area contributed by atoms with Crippen molar-refractivity contribution in [2.75, 3.05) is 26.3 Å². The van der Waals surface area contributed by atoms with E-state index < -0.39 is 5.97 Å². The number of hydrogen-bond acceptors (Lipinski definition) is 3. The molecule has 1 saturated heterocycles. The molecule has 2 atom stereocenters. The zero-order valence-electron chi connectivity index (χ0n) is 10.8. The maximum absolute atomic E-state index is 11.4. The average molecular weight is 258 g/mol. The summed E-state index contributed by atoms with van der Waals surface area (Å²) >= 11 is 0. The minimum absolute atomic E-state index is 0.190. The van der Waals surface area contributed by atoms with E-state index in [2.05, 4.69) is 10.6 Å². The van der Waals surface area contributed by atoms with E-state index in [1.165, 1.54) is 0 Å². The number of urea groups is 1. The summed E-state index contributed by atoms with van der Waals surface area (Å²) < 4.78 is 5.21. The molecule has 0 radical (unpaired) electrons. The summed E-state index contributed by atoms with van der Waals surface area (Å²) in [5, 5.41) is 14.2. The zero-order chi connectivity index (χ0) is 13.4. The molecular weight excluding hydrogens is 236 g/mol. The molecule has 0 aliphatic carbocycles. The lowest BCUT2D eigenvalue weighted by Crippen LogP contribution is -2.38. The molecule has 1 rings (SSSR count). The molecule has 2 unspecified atom stereocenters. The van der Waals surface area contributed by atoms with Crippen molar-refractivity contribution >= 4 is 12.0 Å². The summed E-state index contributed by atoms with van der Waals surface area (Å²) in [4.78, 5) is 22.0. The fraction of sp³-hybridized carbons (Fsp3) is 0.833. The SMILES string of the molecule is CC(CCCNC(=O)NCC1CCOC1)C(=O)O. The molecule has 0 spiro atoms. The standard InChI is InChI=1S/C12H22N2O4/c1-9(11(15)16)3-2-5-13-12(17)14-7-10-4-6-18-8-10/h9-10H,2-8H2,1H3,(H,15,16)(H2,13,14,17). The zero-order valence-corrected chi connectivity index (χ0v) is 10.8. The van der Waals surface area contributed by atoms with Crippen LogP contribution in [0, 0.1) is 11.8 Å². The molecule has 3 N–H and O–H groups in total. The summed E-state index contributed by atoms with van der Waals surface area (Å²) in [6.07, 6.45) is 2.25. The number of ether oxygens (including phenoxy) is 1. The van der Waals surface area contributed by atoms with E-state index in [-0.39, 0.29) is 11.9 Å². The summed E-state index contributed by atoms with van der Waals surface area (Å²) in [7, 11) is 0. The molecule has 0 aromatic carbocycles. The van der Waals surface area contributed by atoms with E-state index in [4.69, 9.17) is 9.84 Å². The number of nitrogens with one attached hydrogen (secondary N) is 2. The molecule has 18 heavy (non-hydrogen) atoms. The largest absolute Gasteiger partial charge is 0.481 e. The van der Waals surface area contributed by atoms with E-state index in [0.29, 0.717) is 31.8 Å². The monoisotopic (exact) mass is 258 g/mol. The Bertz CT molecular complexity index is 277. The highest BCUT2D eigenvalue weighted by Gasteiger charge is 2.16. The molecule has 0 aromatic heterocycles. The van der Waals surface area contributed by atoms with Crippen LogP contribution in [0.4, 0.5) is 4.79 Å². The van der Waals surface area contributed by atoms with Crippen LogP contribution in [-0.4, -0.2) is 43.4 Å². The molecule has 1 fully saturated rings. The summed E-state index contributed by atoms with van der Waals surface area (Å²) in [6.45, 7) is 4.31. The highest BCUT2D eigenvalue weighted by Crippen LogP contribution is 2.10. The lowest BCUT2D eigenvalue weighted by molar-refractivity contribution is -0.141. The molecule has 6 heteroatoms. The molecule has 0 aromatic rings. The van der Waals surface area contributed by atoms with Crippen LogP contribution in [0.2, 0.25) is 0 Å². The average Bonchev–Trinajstić information content (AvgIpc) is 2.84. The van der Waals surface area contributed by atoms with Gasteiger partial charge in [0, 0.05) is 25.6 Å². The molecule has 1 aliphatic heterocycles. The maximum atomic E-state index is 11.4. The predicted molar refractivity (Wildman–Crippen MR) is 66.4 cm³/mol. The normalized spacial score (nSPS) is 20.4. The minimum Gasteiger partial charge on any atom is -0.481 e. The number of carboxylic acids is 1. The third-order valence-corrected chi connectivity index (χ3v) is 3.10. The first-order valence-electron chi connectivity index (χ1n) is 6.42. The topological polar surface area (TPSA) is 87.7 Å². The predicted octanol–water partition coefficient (Wildman–Crippen LogP) is 0.823. The van der Waals surface area contributed by atoms with Crippen LogP contribution in [0.1, 0.15) is 26.2 Å². The fourth-order valence-electron chi connectivity index (χ4n) is 1.78. The van der Waals surface area contributed by atoms with Gasteiger partial charge in [0.2, 0.25) is 0 Å². The van der Waals surface area contributed by atoms with Crippen LogP contribution < -0.4 is 10.6 Å². The lowest BCUT2D eigenvalue weighted by Gasteiger charge is -2.11. The van der Waals surface area contributed by atoms with Crippen molar-refractivity contribution in [1.29, 1.82) is 0 Å². The summed E-state index contributed by atoms with van der Waals surface area (Å²) in [5.41, 5.74) is 0. The highest BCUT2D eigenvalue weighted by atomic mass is 16.5. The van der Waals surface area contributed by atoms with Gasteiger partial charge >= 0.3 is 12.0 Å². The van der Waals surface area contributed by atoms with Crippen molar-refractivity contribution < 1.29 is 19.4 Å². The molecule has 0 bridgehead atoms. The number of amides is 2.